The van der Waals surface area contributed by atoms with E-state index in [0.717, 1.165) is 81.1 Å². The second-order valence-electron chi connectivity index (χ2n) is 13.5. The highest BCUT2D eigenvalue weighted by Gasteiger charge is 2.42. The molecule has 2 amide bonds. The second-order valence-corrected chi connectivity index (χ2v) is 13.5. The van der Waals surface area contributed by atoms with Gasteiger partial charge in [-0.25, -0.2) is 4.98 Å². The molecule has 2 N–H and O–H groups in total. The minimum atomic E-state index is -0.123. The molecular weight excluding hydrogens is 576 g/mol. The number of carbonyl (C=O) groups is 2. The average molecular weight is 625 g/mol. The van der Waals surface area contributed by atoms with Crippen LogP contribution in [0.15, 0.2) is 60.8 Å². The zero-order valence-corrected chi connectivity index (χ0v) is 27.7. The molecule has 1 aromatic heterocycles. The summed E-state index contributed by atoms with van der Waals surface area (Å²) in [4.78, 5) is 38.2. The van der Waals surface area contributed by atoms with Crippen molar-refractivity contribution in [3.63, 3.8) is 0 Å². The molecule has 4 heterocycles. The Labute approximate surface area is 273 Å². The summed E-state index contributed by atoms with van der Waals surface area (Å²) in [5, 5.41) is 6.33. The minimum absolute atomic E-state index is 0.0470. The number of hydrogen-bond acceptors (Lipinski definition) is 7. The van der Waals surface area contributed by atoms with E-state index in [4.69, 9.17) is 9.72 Å². The van der Waals surface area contributed by atoms with Crippen molar-refractivity contribution in [2.24, 2.45) is 5.92 Å². The van der Waals surface area contributed by atoms with Crippen molar-refractivity contribution in [2.75, 3.05) is 49.6 Å². The van der Waals surface area contributed by atoms with Gasteiger partial charge in [-0.05, 0) is 80.5 Å². The van der Waals surface area contributed by atoms with E-state index in [2.05, 4.69) is 63.4 Å². The lowest BCUT2D eigenvalue weighted by molar-refractivity contribution is 0.0923. The highest BCUT2D eigenvalue weighted by Crippen LogP contribution is 2.38. The van der Waals surface area contributed by atoms with E-state index in [0.29, 0.717) is 35.7 Å². The van der Waals surface area contributed by atoms with Crippen molar-refractivity contribution in [2.45, 2.75) is 71.1 Å². The standard InChI is InChI=1S/C37H48N6O3/c1-25(2)24-41-16-18-42(19-17-41)30-11-8-27(9-12-30)22-39-36(44)28-10-15-35(38-23-28)43-31-13-14-32(43)21-29(20-31)40-37(45)33-6-5-7-34(46-4)26(33)3/h5-12,15,23,25,29,31-32H,13-14,16-22,24H2,1-4H3,(H,39,44)(H,40,45)/t29-,31+,32-. The Balaban J connectivity index is 0.987. The molecule has 3 fully saturated rings. The topological polar surface area (TPSA) is 90.0 Å². The van der Waals surface area contributed by atoms with Crippen LogP contribution >= 0.6 is 0 Å². The van der Waals surface area contributed by atoms with Gasteiger partial charge in [-0.1, -0.05) is 32.0 Å². The number of nitrogens with zero attached hydrogens (tertiary/aromatic N) is 4. The fourth-order valence-corrected chi connectivity index (χ4v) is 7.50. The largest absolute Gasteiger partial charge is 0.496 e. The summed E-state index contributed by atoms with van der Waals surface area (Å²) < 4.78 is 5.40. The van der Waals surface area contributed by atoms with Gasteiger partial charge >= 0.3 is 0 Å². The lowest BCUT2D eigenvalue weighted by Gasteiger charge is -2.40. The van der Waals surface area contributed by atoms with Crippen LogP contribution in [0.4, 0.5) is 11.5 Å². The number of piperazine rings is 1. The molecule has 3 aliphatic heterocycles. The summed E-state index contributed by atoms with van der Waals surface area (Å²) in [6, 6.07) is 18.7. The molecule has 3 saturated heterocycles. The molecule has 0 aliphatic carbocycles. The van der Waals surface area contributed by atoms with Crippen LogP contribution in [-0.2, 0) is 6.54 Å². The van der Waals surface area contributed by atoms with Gasteiger partial charge in [0.05, 0.1) is 12.7 Å². The number of benzene rings is 2. The molecule has 2 bridgehead atoms. The van der Waals surface area contributed by atoms with Crippen molar-refractivity contribution >= 4 is 23.3 Å². The lowest BCUT2D eigenvalue weighted by atomic mass is 9.96. The first-order valence-electron chi connectivity index (χ1n) is 16.8. The third kappa shape index (κ3) is 7.15. The van der Waals surface area contributed by atoms with Gasteiger partial charge in [0.1, 0.15) is 11.6 Å². The maximum Gasteiger partial charge on any atom is 0.253 e. The summed E-state index contributed by atoms with van der Waals surface area (Å²) in [6.07, 6.45) is 5.59. The van der Waals surface area contributed by atoms with Crippen LogP contribution < -0.4 is 25.2 Å². The zero-order valence-electron chi connectivity index (χ0n) is 27.7. The van der Waals surface area contributed by atoms with Gasteiger partial charge in [-0.3, -0.25) is 14.5 Å². The number of methoxy groups -OCH3 is 1. The zero-order chi connectivity index (χ0) is 32.2. The van der Waals surface area contributed by atoms with Gasteiger partial charge in [-0.2, -0.15) is 0 Å². The molecule has 0 unspecified atom stereocenters. The second kappa shape index (κ2) is 14.1. The highest BCUT2D eigenvalue weighted by atomic mass is 16.5. The molecule has 3 aromatic rings. The van der Waals surface area contributed by atoms with Crippen LogP contribution in [0.25, 0.3) is 0 Å². The molecule has 6 rings (SSSR count). The predicted octanol–water partition coefficient (Wildman–Crippen LogP) is 5.04. The van der Waals surface area contributed by atoms with Crippen LogP contribution in [0.3, 0.4) is 0 Å². The average Bonchev–Trinajstić information content (AvgIpc) is 3.33. The Kier molecular flexibility index (Phi) is 9.78. The van der Waals surface area contributed by atoms with Gasteiger partial charge < -0.3 is 25.2 Å². The number of anilines is 2. The number of ether oxygens (including phenoxy) is 1. The molecule has 3 aliphatic rings. The first-order chi connectivity index (χ1) is 22.3. The Morgan fingerprint density at radius 1 is 0.935 bits per heavy atom. The smallest absolute Gasteiger partial charge is 0.253 e. The molecule has 9 heteroatoms. The van der Waals surface area contributed by atoms with Gasteiger partial charge in [0.2, 0.25) is 0 Å². The monoisotopic (exact) mass is 624 g/mol. The third-order valence-corrected chi connectivity index (χ3v) is 9.84. The maximum atomic E-state index is 13.1. The fraction of sp³-hybridized carbons (Fsp3) is 0.486. The van der Waals surface area contributed by atoms with Gasteiger partial charge in [-0.15, -0.1) is 0 Å². The van der Waals surface area contributed by atoms with E-state index in [9.17, 15) is 9.59 Å². The van der Waals surface area contributed by atoms with Crippen LogP contribution in [0.1, 0.15) is 71.4 Å². The molecule has 46 heavy (non-hydrogen) atoms. The molecule has 0 radical (unpaired) electrons. The number of piperidine rings is 1. The lowest BCUT2D eigenvalue weighted by Crippen LogP contribution is -2.50. The van der Waals surface area contributed by atoms with Crippen LogP contribution in [0.5, 0.6) is 5.75 Å². The summed E-state index contributed by atoms with van der Waals surface area (Å²) in [5.74, 6) is 2.15. The van der Waals surface area contributed by atoms with Gasteiger partial charge in [0.25, 0.3) is 11.8 Å². The van der Waals surface area contributed by atoms with Crippen LogP contribution in [0.2, 0.25) is 0 Å². The number of aromatic nitrogens is 1. The normalized spacial score (nSPS) is 21.4. The number of carbonyl (C=O) groups excluding carboxylic acids is 2. The van der Waals surface area contributed by atoms with Crippen LogP contribution in [-0.4, -0.2) is 79.7 Å². The minimum Gasteiger partial charge on any atom is -0.496 e. The molecule has 3 atom stereocenters. The summed E-state index contributed by atoms with van der Waals surface area (Å²) in [6.45, 7) is 12.4. The Morgan fingerprint density at radius 3 is 2.28 bits per heavy atom. The van der Waals surface area contributed by atoms with E-state index in [1.165, 1.54) is 5.69 Å². The molecular formula is C37H48N6O3. The van der Waals surface area contributed by atoms with E-state index in [1.54, 1.807) is 13.3 Å². The quantitative estimate of drug-likeness (QED) is 0.327. The molecule has 0 spiro atoms. The van der Waals surface area contributed by atoms with Gasteiger partial charge in [0.15, 0.2) is 0 Å². The Bertz CT molecular complexity index is 1490. The number of rotatable bonds is 10. The first kappa shape index (κ1) is 31.9. The number of pyridine rings is 1. The molecule has 2 aromatic carbocycles. The molecule has 244 valence electrons. The molecule has 0 saturated carbocycles. The van der Waals surface area contributed by atoms with Crippen molar-refractivity contribution in [3.05, 3.63) is 83.0 Å². The Morgan fingerprint density at radius 2 is 1.65 bits per heavy atom. The molecule has 9 nitrogen and oxygen atoms in total. The fourth-order valence-electron chi connectivity index (χ4n) is 7.50. The summed E-state index contributed by atoms with van der Waals surface area (Å²) >= 11 is 0. The number of fused-ring (bicyclic) bond motifs is 2. The Hall–Kier alpha value is -4.11. The van der Waals surface area contributed by atoms with Crippen molar-refractivity contribution in [1.29, 1.82) is 0 Å². The van der Waals surface area contributed by atoms with E-state index in [-0.39, 0.29) is 17.9 Å². The van der Waals surface area contributed by atoms with Crippen molar-refractivity contribution in [3.8, 4) is 5.75 Å². The first-order valence-corrected chi connectivity index (χ1v) is 16.8. The number of hydrogen-bond donors (Lipinski definition) is 2. The van der Waals surface area contributed by atoms with E-state index >= 15 is 0 Å². The number of nitrogens with one attached hydrogen (secondary N) is 2. The van der Waals surface area contributed by atoms with Crippen molar-refractivity contribution < 1.29 is 14.3 Å². The number of amides is 2. The van der Waals surface area contributed by atoms with Gasteiger partial charge in [0, 0.05) is 80.4 Å². The van der Waals surface area contributed by atoms with E-state index < -0.39 is 0 Å². The SMILES string of the molecule is COc1cccc(C(=O)N[C@H]2C[C@H]3CC[C@@H](C2)N3c2ccc(C(=O)NCc3ccc(N4CCN(CC(C)C)CC4)cc3)cn2)c1C. The summed E-state index contributed by atoms with van der Waals surface area (Å²) in [5.41, 5.74) is 4.39. The highest BCUT2D eigenvalue weighted by molar-refractivity contribution is 5.96. The van der Waals surface area contributed by atoms with Crippen molar-refractivity contribution in [1.82, 2.24) is 20.5 Å². The van der Waals surface area contributed by atoms with E-state index in [1.807, 2.05) is 37.3 Å². The maximum absolute atomic E-state index is 13.1. The predicted molar refractivity (Wildman–Crippen MR) is 183 cm³/mol. The summed E-state index contributed by atoms with van der Waals surface area (Å²) in [7, 11) is 1.63. The van der Waals surface area contributed by atoms with Crippen LogP contribution in [0, 0.1) is 12.8 Å². The third-order valence-electron chi connectivity index (χ3n) is 9.84.